The molecule has 2 aromatic carbocycles. The van der Waals surface area contributed by atoms with Crippen molar-refractivity contribution in [2.75, 3.05) is 17.3 Å². The van der Waals surface area contributed by atoms with Crippen molar-refractivity contribution in [1.82, 2.24) is 10.2 Å². The number of rotatable bonds is 7. The second-order valence-corrected chi connectivity index (χ2v) is 10.5. The predicted octanol–water partition coefficient (Wildman–Crippen LogP) is 6.23. The summed E-state index contributed by atoms with van der Waals surface area (Å²) < 4.78 is 35.1. The van der Waals surface area contributed by atoms with Crippen LogP contribution in [0.5, 0.6) is 0 Å². The van der Waals surface area contributed by atoms with Gasteiger partial charge in [0.25, 0.3) is 11.8 Å². The van der Waals surface area contributed by atoms with Crippen LogP contribution in [0.4, 0.5) is 20.3 Å². The van der Waals surface area contributed by atoms with Crippen molar-refractivity contribution in [2.24, 2.45) is 5.92 Å². The van der Waals surface area contributed by atoms with E-state index in [1.54, 1.807) is 19.2 Å². The number of halogens is 2. The summed E-state index contributed by atoms with van der Waals surface area (Å²) in [6, 6.07) is 10.4. The molecule has 1 saturated carbocycles. The van der Waals surface area contributed by atoms with Crippen LogP contribution in [0.25, 0.3) is 10.8 Å². The fourth-order valence-electron chi connectivity index (χ4n) is 4.99. The van der Waals surface area contributed by atoms with Gasteiger partial charge in [-0.25, -0.2) is 8.78 Å². The Labute approximate surface area is 210 Å². The molecule has 2 atom stereocenters. The molecule has 0 saturated heterocycles. The van der Waals surface area contributed by atoms with Gasteiger partial charge < -0.3 is 15.0 Å². The fourth-order valence-corrected chi connectivity index (χ4v) is 4.99. The number of aryl methyl sites for hydroxylation is 1. The average molecular weight is 495 g/mol. The number of benzene rings is 2. The van der Waals surface area contributed by atoms with Crippen molar-refractivity contribution in [1.29, 1.82) is 0 Å². The molecule has 3 aromatic rings. The van der Waals surface area contributed by atoms with Crippen LogP contribution in [0.2, 0.25) is 0 Å². The van der Waals surface area contributed by atoms with Gasteiger partial charge >= 0.3 is 0 Å². The van der Waals surface area contributed by atoms with E-state index in [1.165, 1.54) is 19.9 Å². The lowest BCUT2D eigenvalue weighted by molar-refractivity contribution is -0.137. The predicted molar refractivity (Wildman–Crippen MR) is 136 cm³/mol. The number of hydrogen-bond donors (Lipinski definition) is 1. The Hall–Kier alpha value is -3.13. The molecule has 2 heterocycles. The Morgan fingerprint density at radius 2 is 1.86 bits per heavy atom. The lowest BCUT2D eigenvalue weighted by Crippen LogP contribution is -2.40. The van der Waals surface area contributed by atoms with Crippen LogP contribution >= 0.6 is 0 Å². The summed E-state index contributed by atoms with van der Waals surface area (Å²) in [7, 11) is 1.56. The number of nitrogens with one attached hydrogen (secondary N) is 1. The lowest BCUT2D eigenvalue weighted by Gasteiger charge is -2.23. The highest BCUT2D eigenvalue weighted by Gasteiger charge is 2.52. The van der Waals surface area contributed by atoms with E-state index >= 15 is 0 Å². The number of fused-ring (bicyclic) bond motifs is 2. The quantitative estimate of drug-likeness (QED) is 0.422. The zero-order valence-electron chi connectivity index (χ0n) is 21.5. The third-order valence-corrected chi connectivity index (χ3v) is 7.65. The van der Waals surface area contributed by atoms with Crippen LogP contribution in [0.3, 0.4) is 0 Å². The molecule has 0 spiro atoms. The molecular formula is C28H32F2N4O2. The van der Waals surface area contributed by atoms with E-state index in [-0.39, 0.29) is 23.6 Å². The first-order chi connectivity index (χ1) is 17.0. The molecule has 1 unspecified atom stereocenters. The van der Waals surface area contributed by atoms with Crippen molar-refractivity contribution in [3.63, 3.8) is 0 Å². The van der Waals surface area contributed by atoms with Gasteiger partial charge in [-0.1, -0.05) is 32.0 Å². The molecule has 2 aliphatic rings. The van der Waals surface area contributed by atoms with Gasteiger partial charge in [0.05, 0.1) is 17.4 Å². The number of hydrogen-bond acceptors (Lipinski definition) is 5. The standard InChI is InChI=1S/C28H32F2N4O2/c1-15(2)28(29,30)19-9-7-8-18(12-19)16(3)31-25-22-14-24-23(13-21(22)17(4)32-33-25)27(5,36-6)26(35)34(24)20-10-11-20/h7-9,12-16,20H,10-11H2,1-6H3,(H,31,33)/t16-,27?/m1/s1. The van der Waals surface area contributed by atoms with Gasteiger partial charge in [0, 0.05) is 41.0 Å². The lowest BCUT2D eigenvalue weighted by atomic mass is 9.94. The van der Waals surface area contributed by atoms with Gasteiger partial charge in [0.1, 0.15) is 0 Å². The second kappa shape index (κ2) is 8.47. The van der Waals surface area contributed by atoms with Crippen molar-refractivity contribution in [3.8, 4) is 0 Å². The molecule has 6 nitrogen and oxygen atoms in total. The van der Waals surface area contributed by atoms with Gasteiger partial charge in [-0.3, -0.25) is 4.79 Å². The number of nitrogens with zero attached hydrogens (tertiary/aromatic N) is 3. The first-order valence-corrected chi connectivity index (χ1v) is 12.4. The third kappa shape index (κ3) is 3.74. The summed E-state index contributed by atoms with van der Waals surface area (Å²) >= 11 is 0. The summed E-state index contributed by atoms with van der Waals surface area (Å²) in [4.78, 5) is 15.2. The van der Waals surface area contributed by atoms with E-state index in [0.29, 0.717) is 5.82 Å². The molecule has 0 radical (unpaired) electrons. The molecule has 0 bridgehead atoms. The highest BCUT2D eigenvalue weighted by molar-refractivity contribution is 6.11. The highest BCUT2D eigenvalue weighted by Crippen LogP contribution is 2.49. The Morgan fingerprint density at radius 3 is 2.50 bits per heavy atom. The van der Waals surface area contributed by atoms with Crippen molar-refractivity contribution in [2.45, 2.75) is 71.1 Å². The molecule has 1 aromatic heterocycles. The summed E-state index contributed by atoms with van der Waals surface area (Å²) in [6.45, 7) is 8.64. The van der Waals surface area contributed by atoms with Gasteiger partial charge in [-0.15, -0.1) is 5.10 Å². The van der Waals surface area contributed by atoms with Crippen molar-refractivity contribution < 1.29 is 18.3 Å². The van der Waals surface area contributed by atoms with Crippen LogP contribution in [0, 0.1) is 12.8 Å². The number of anilines is 2. The minimum Gasteiger partial charge on any atom is -0.364 e. The fraction of sp³-hybridized carbons (Fsp3) is 0.464. The number of carbonyl (C=O) groups excluding carboxylic acids is 1. The summed E-state index contributed by atoms with van der Waals surface area (Å²) in [5, 5.41) is 13.8. The van der Waals surface area contributed by atoms with Crippen LogP contribution in [0.15, 0.2) is 36.4 Å². The molecule has 190 valence electrons. The molecular weight excluding hydrogens is 462 g/mol. The van der Waals surface area contributed by atoms with Crippen LogP contribution in [0.1, 0.15) is 69.0 Å². The van der Waals surface area contributed by atoms with Crippen molar-refractivity contribution >= 4 is 28.2 Å². The van der Waals surface area contributed by atoms with Gasteiger partial charge in [-0.05, 0) is 57.4 Å². The van der Waals surface area contributed by atoms with Crippen LogP contribution in [-0.4, -0.2) is 29.3 Å². The van der Waals surface area contributed by atoms with Crippen molar-refractivity contribution in [3.05, 3.63) is 58.8 Å². The zero-order chi connectivity index (χ0) is 26.0. The first kappa shape index (κ1) is 24.6. The maximum absolute atomic E-state index is 14.7. The SMILES string of the molecule is COC1(C)C(=O)N(C2CC2)c2cc3c(N[C@H](C)c4cccc(C(F)(F)C(C)C)c4)nnc(C)c3cc21. The zero-order valence-corrected chi connectivity index (χ0v) is 21.5. The van der Waals surface area contributed by atoms with E-state index in [9.17, 15) is 13.6 Å². The normalized spacial score (nSPS) is 20.8. The van der Waals surface area contributed by atoms with Crippen LogP contribution in [-0.2, 0) is 21.1 Å². The molecule has 1 amide bonds. The summed E-state index contributed by atoms with van der Waals surface area (Å²) in [6.07, 6.45) is 1.94. The largest absolute Gasteiger partial charge is 0.364 e. The molecule has 1 aliphatic carbocycles. The van der Waals surface area contributed by atoms with Gasteiger partial charge in [0.2, 0.25) is 0 Å². The number of carbonyl (C=O) groups is 1. The van der Waals surface area contributed by atoms with E-state index < -0.39 is 17.4 Å². The smallest absolute Gasteiger partial charge is 0.275 e. The van der Waals surface area contributed by atoms with Crippen LogP contribution < -0.4 is 10.2 Å². The maximum atomic E-state index is 14.7. The topological polar surface area (TPSA) is 67.3 Å². The molecule has 8 heteroatoms. The summed E-state index contributed by atoms with van der Waals surface area (Å²) in [5.41, 5.74) is 2.07. The number of methoxy groups -OCH3 is 1. The Balaban J connectivity index is 1.56. The minimum atomic E-state index is -2.92. The molecule has 36 heavy (non-hydrogen) atoms. The number of ether oxygens (including phenoxy) is 1. The van der Waals surface area contributed by atoms with E-state index in [4.69, 9.17) is 4.74 Å². The highest BCUT2D eigenvalue weighted by atomic mass is 19.3. The number of amides is 1. The molecule has 1 aliphatic heterocycles. The minimum absolute atomic E-state index is 0.00115. The second-order valence-electron chi connectivity index (χ2n) is 10.5. The Morgan fingerprint density at radius 1 is 1.14 bits per heavy atom. The molecule has 1 N–H and O–H groups in total. The van der Waals surface area contributed by atoms with Gasteiger partial charge in [-0.2, -0.15) is 5.10 Å². The van der Waals surface area contributed by atoms with E-state index in [1.807, 2.05) is 43.9 Å². The van der Waals surface area contributed by atoms with E-state index in [2.05, 4.69) is 15.5 Å². The molecule has 1 fully saturated rings. The number of alkyl halides is 2. The maximum Gasteiger partial charge on any atom is 0.275 e. The van der Waals surface area contributed by atoms with Gasteiger partial charge in [0.15, 0.2) is 11.4 Å². The molecule has 5 rings (SSSR count). The monoisotopic (exact) mass is 494 g/mol. The first-order valence-electron chi connectivity index (χ1n) is 12.4. The van der Waals surface area contributed by atoms with E-state index in [0.717, 1.165) is 46.1 Å². The average Bonchev–Trinajstić information content (AvgIpc) is 3.67. The third-order valence-electron chi connectivity index (χ3n) is 7.65. The Bertz CT molecular complexity index is 1350. The Kier molecular flexibility index (Phi) is 5.78. The summed E-state index contributed by atoms with van der Waals surface area (Å²) in [5.74, 6) is -3.23. The number of aromatic nitrogens is 2.